The van der Waals surface area contributed by atoms with Crippen molar-refractivity contribution < 1.29 is 0 Å². The summed E-state index contributed by atoms with van der Waals surface area (Å²) in [5, 5.41) is 4.11. The van der Waals surface area contributed by atoms with E-state index in [1.54, 1.807) is 6.20 Å². The van der Waals surface area contributed by atoms with Gasteiger partial charge >= 0.3 is 0 Å². The number of aromatic nitrogens is 1. The molecule has 1 heterocycles. The first kappa shape index (κ1) is 12.4. The summed E-state index contributed by atoms with van der Waals surface area (Å²) in [6.45, 7) is 2.09. The van der Waals surface area contributed by atoms with Crippen LogP contribution in [0.25, 0.3) is 0 Å². The maximum absolute atomic E-state index is 5.97. The van der Waals surface area contributed by atoms with E-state index in [9.17, 15) is 0 Å². The lowest BCUT2D eigenvalue weighted by Gasteiger charge is -2.16. The summed E-state index contributed by atoms with van der Waals surface area (Å²) in [6.07, 6.45) is 3.63. The molecule has 0 aliphatic carbocycles. The molecule has 88 valence electrons. The molecule has 0 saturated heterocycles. The minimum absolute atomic E-state index is 0.179. The molecule has 2 nitrogen and oxygen atoms in total. The van der Waals surface area contributed by atoms with Crippen molar-refractivity contribution in [2.24, 2.45) is 0 Å². The molecule has 0 saturated carbocycles. The molecule has 2 aromatic rings. The zero-order valence-electron chi connectivity index (χ0n) is 9.32. The van der Waals surface area contributed by atoms with Gasteiger partial charge in [-0.1, -0.05) is 17.7 Å². The number of benzene rings is 1. The normalized spacial score (nSPS) is 12.2. The van der Waals surface area contributed by atoms with Crippen LogP contribution in [0.1, 0.15) is 18.5 Å². The Balaban J connectivity index is 2.18. The quantitative estimate of drug-likeness (QED) is 0.891. The standard InChI is InChI=1S/C13H12BrClN2/c1-9(10-3-2-6-16-8-10)17-13-7-11(15)4-5-12(13)14/h2-9,17H,1H3. The maximum atomic E-state index is 5.97. The van der Waals surface area contributed by atoms with Crippen molar-refractivity contribution in [1.29, 1.82) is 0 Å². The Morgan fingerprint density at radius 1 is 1.35 bits per heavy atom. The molecule has 0 fully saturated rings. The van der Waals surface area contributed by atoms with E-state index in [-0.39, 0.29) is 6.04 Å². The van der Waals surface area contributed by atoms with E-state index < -0.39 is 0 Å². The topological polar surface area (TPSA) is 24.9 Å². The van der Waals surface area contributed by atoms with E-state index in [0.29, 0.717) is 5.02 Å². The number of nitrogens with one attached hydrogen (secondary N) is 1. The first-order valence-corrected chi connectivity index (χ1v) is 6.45. The number of pyridine rings is 1. The van der Waals surface area contributed by atoms with Crippen molar-refractivity contribution in [3.63, 3.8) is 0 Å². The van der Waals surface area contributed by atoms with Gasteiger partial charge in [0.1, 0.15) is 0 Å². The summed E-state index contributed by atoms with van der Waals surface area (Å²) in [4.78, 5) is 4.11. The van der Waals surface area contributed by atoms with Crippen molar-refractivity contribution in [2.75, 3.05) is 5.32 Å². The fourth-order valence-electron chi connectivity index (χ4n) is 1.56. The molecular formula is C13H12BrClN2. The molecule has 17 heavy (non-hydrogen) atoms. The fourth-order valence-corrected chi connectivity index (χ4v) is 2.09. The van der Waals surface area contributed by atoms with Gasteiger partial charge in [0, 0.05) is 21.9 Å². The molecule has 0 spiro atoms. The highest BCUT2D eigenvalue weighted by atomic mass is 79.9. The first-order chi connectivity index (χ1) is 8.16. The lowest BCUT2D eigenvalue weighted by atomic mass is 10.1. The summed E-state index contributed by atoms with van der Waals surface area (Å²) in [6, 6.07) is 9.84. The number of hydrogen-bond acceptors (Lipinski definition) is 2. The predicted molar refractivity (Wildman–Crippen MR) is 75.4 cm³/mol. The third kappa shape index (κ3) is 3.20. The second kappa shape index (κ2) is 5.52. The zero-order chi connectivity index (χ0) is 12.3. The van der Waals surface area contributed by atoms with Crippen molar-refractivity contribution in [2.45, 2.75) is 13.0 Å². The molecule has 0 radical (unpaired) electrons. The van der Waals surface area contributed by atoms with Crippen LogP contribution in [0.2, 0.25) is 5.02 Å². The smallest absolute Gasteiger partial charge is 0.0504 e. The zero-order valence-corrected chi connectivity index (χ0v) is 11.7. The predicted octanol–water partition coefficient (Wildman–Crippen LogP) is 4.67. The monoisotopic (exact) mass is 310 g/mol. The molecule has 0 aliphatic heterocycles. The van der Waals surface area contributed by atoms with Gasteiger partial charge in [0.15, 0.2) is 0 Å². The Morgan fingerprint density at radius 2 is 2.18 bits per heavy atom. The van der Waals surface area contributed by atoms with E-state index >= 15 is 0 Å². The molecule has 0 aliphatic rings. The number of anilines is 1. The molecule has 0 amide bonds. The lowest BCUT2D eigenvalue weighted by Crippen LogP contribution is -2.07. The van der Waals surface area contributed by atoms with Crippen molar-refractivity contribution in [3.05, 3.63) is 57.8 Å². The van der Waals surface area contributed by atoms with E-state index in [2.05, 4.69) is 33.2 Å². The average Bonchev–Trinajstić information content (AvgIpc) is 2.35. The number of halogens is 2. The molecule has 1 atom stereocenters. The van der Waals surface area contributed by atoms with Crippen LogP contribution in [0.15, 0.2) is 47.2 Å². The Bertz CT molecular complexity index is 502. The fraction of sp³-hybridized carbons (Fsp3) is 0.154. The minimum atomic E-state index is 0.179. The second-order valence-electron chi connectivity index (χ2n) is 3.78. The maximum Gasteiger partial charge on any atom is 0.0504 e. The molecule has 4 heteroatoms. The van der Waals surface area contributed by atoms with Gasteiger partial charge in [0.2, 0.25) is 0 Å². The van der Waals surface area contributed by atoms with Gasteiger partial charge in [0.25, 0.3) is 0 Å². The van der Waals surface area contributed by atoms with Gasteiger partial charge in [-0.05, 0) is 52.7 Å². The van der Waals surface area contributed by atoms with Crippen LogP contribution in [0, 0.1) is 0 Å². The van der Waals surface area contributed by atoms with E-state index in [4.69, 9.17) is 11.6 Å². The van der Waals surface area contributed by atoms with Crippen LogP contribution in [-0.2, 0) is 0 Å². The van der Waals surface area contributed by atoms with Crippen LogP contribution < -0.4 is 5.32 Å². The highest BCUT2D eigenvalue weighted by Gasteiger charge is 2.07. The number of rotatable bonds is 3. The van der Waals surface area contributed by atoms with Gasteiger partial charge in [-0.3, -0.25) is 4.98 Å². The lowest BCUT2D eigenvalue weighted by molar-refractivity contribution is 0.874. The second-order valence-corrected chi connectivity index (χ2v) is 5.07. The SMILES string of the molecule is CC(Nc1cc(Cl)ccc1Br)c1cccnc1. The molecule has 1 aromatic heterocycles. The van der Waals surface area contributed by atoms with Crippen molar-refractivity contribution in [1.82, 2.24) is 4.98 Å². The molecular weight excluding hydrogens is 300 g/mol. The summed E-state index contributed by atoms with van der Waals surface area (Å²) in [7, 11) is 0. The summed E-state index contributed by atoms with van der Waals surface area (Å²) < 4.78 is 0.998. The van der Waals surface area contributed by atoms with Gasteiger partial charge in [-0.25, -0.2) is 0 Å². The van der Waals surface area contributed by atoms with Gasteiger partial charge in [0.05, 0.1) is 11.7 Å². The Hall–Kier alpha value is -1.06. The Labute approximate surface area is 114 Å². The van der Waals surface area contributed by atoms with Gasteiger partial charge in [-0.15, -0.1) is 0 Å². The first-order valence-electron chi connectivity index (χ1n) is 5.28. The van der Waals surface area contributed by atoms with E-state index in [0.717, 1.165) is 15.7 Å². The third-order valence-corrected chi connectivity index (χ3v) is 3.41. The van der Waals surface area contributed by atoms with Crippen molar-refractivity contribution >= 4 is 33.2 Å². The van der Waals surface area contributed by atoms with Crippen LogP contribution in [0.4, 0.5) is 5.69 Å². The van der Waals surface area contributed by atoms with Crippen LogP contribution >= 0.6 is 27.5 Å². The molecule has 2 rings (SSSR count). The van der Waals surface area contributed by atoms with Gasteiger partial charge in [-0.2, -0.15) is 0 Å². The molecule has 1 N–H and O–H groups in total. The summed E-state index contributed by atoms with van der Waals surface area (Å²) >= 11 is 9.47. The third-order valence-electron chi connectivity index (χ3n) is 2.48. The summed E-state index contributed by atoms with van der Waals surface area (Å²) in [5.74, 6) is 0. The van der Waals surface area contributed by atoms with Crippen molar-refractivity contribution in [3.8, 4) is 0 Å². The summed E-state index contributed by atoms with van der Waals surface area (Å²) in [5.41, 5.74) is 2.12. The van der Waals surface area contributed by atoms with E-state index in [1.165, 1.54) is 0 Å². The van der Waals surface area contributed by atoms with Crippen LogP contribution in [0.3, 0.4) is 0 Å². The average molecular weight is 312 g/mol. The van der Waals surface area contributed by atoms with Crippen LogP contribution in [-0.4, -0.2) is 4.98 Å². The van der Waals surface area contributed by atoms with Crippen LogP contribution in [0.5, 0.6) is 0 Å². The van der Waals surface area contributed by atoms with Gasteiger partial charge < -0.3 is 5.32 Å². The number of hydrogen-bond donors (Lipinski definition) is 1. The minimum Gasteiger partial charge on any atom is -0.378 e. The highest BCUT2D eigenvalue weighted by molar-refractivity contribution is 9.10. The molecule has 0 bridgehead atoms. The molecule has 1 unspecified atom stereocenters. The molecule has 1 aromatic carbocycles. The largest absolute Gasteiger partial charge is 0.378 e. The van der Waals surface area contributed by atoms with E-state index in [1.807, 2.05) is 36.5 Å². The number of nitrogens with zero attached hydrogens (tertiary/aromatic N) is 1. The Kier molecular flexibility index (Phi) is 4.02. The highest BCUT2D eigenvalue weighted by Crippen LogP contribution is 2.29. The Morgan fingerprint density at radius 3 is 2.88 bits per heavy atom.